The molecule has 0 nitrogen and oxygen atoms in total. The normalized spacial score (nSPS) is 45.0. The predicted molar refractivity (Wildman–Crippen MR) is 53.7 cm³/mol. The summed E-state index contributed by atoms with van der Waals surface area (Å²) in [6.45, 7) is 0. The van der Waals surface area contributed by atoms with Crippen molar-refractivity contribution in [3.8, 4) is 0 Å². The second-order valence-electron chi connectivity index (χ2n) is 5.02. The van der Waals surface area contributed by atoms with Crippen LogP contribution in [0, 0.1) is 11.8 Å². The molecule has 0 aromatic heterocycles. The molecule has 0 saturated heterocycles. The lowest BCUT2D eigenvalue weighted by molar-refractivity contribution is 0.116. The van der Waals surface area contributed by atoms with Crippen molar-refractivity contribution in [2.24, 2.45) is 11.8 Å². The minimum Gasteiger partial charge on any atom is -0.247 e. The van der Waals surface area contributed by atoms with Crippen molar-refractivity contribution in [2.75, 3.05) is 0 Å². The molecule has 0 aromatic carbocycles. The third-order valence-electron chi connectivity index (χ3n) is 4.07. The SMILES string of the molecule is FC1CCC(C2CCC(F)CC2)CC1. The summed E-state index contributed by atoms with van der Waals surface area (Å²) in [5.74, 6) is 1.41. The highest BCUT2D eigenvalue weighted by molar-refractivity contribution is 4.81. The average molecular weight is 202 g/mol. The molecule has 2 heteroatoms. The van der Waals surface area contributed by atoms with Gasteiger partial charge in [-0.15, -0.1) is 0 Å². The number of alkyl halides is 2. The monoisotopic (exact) mass is 202 g/mol. The van der Waals surface area contributed by atoms with Gasteiger partial charge in [-0.1, -0.05) is 0 Å². The van der Waals surface area contributed by atoms with E-state index in [0.717, 1.165) is 51.4 Å². The summed E-state index contributed by atoms with van der Waals surface area (Å²) in [6, 6.07) is 0. The second kappa shape index (κ2) is 4.59. The number of halogens is 2. The van der Waals surface area contributed by atoms with E-state index in [1.807, 2.05) is 0 Å². The van der Waals surface area contributed by atoms with Gasteiger partial charge >= 0.3 is 0 Å². The van der Waals surface area contributed by atoms with Crippen molar-refractivity contribution < 1.29 is 8.78 Å². The third kappa shape index (κ3) is 2.46. The Kier molecular flexibility index (Phi) is 3.40. The molecule has 0 radical (unpaired) electrons. The van der Waals surface area contributed by atoms with Crippen LogP contribution in [0.4, 0.5) is 8.78 Å². The van der Waals surface area contributed by atoms with Gasteiger partial charge in [0.15, 0.2) is 0 Å². The summed E-state index contributed by atoms with van der Waals surface area (Å²) in [5, 5.41) is 0. The molecule has 0 amide bonds. The van der Waals surface area contributed by atoms with E-state index < -0.39 is 12.3 Å². The molecule has 2 saturated carbocycles. The quantitative estimate of drug-likeness (QED) is 0.602. The molecule has 2 fully saturated rings. The molecule has 0 aliphatic heterocycles. The van der Waals surface area contributed by atoms with Gasteiger partial charge < -0.3 is 0 Å². The first-order valence-electron chi connectivity index (χ1n) is 6.04. The summed E-state index contributed by atoms with van der Waals surface area (Å²) >= 11 is 0. The maximum absolute atomic E-state index is 12.9. The standard InChI is InChI=1S/C12H20F2/c13-11-5-1-9(2-6-11)10-3-7-12(14)8-4-10/h9-12H,1-8H2. The zero-order valence-corrected chi connectivity index (χ0v) is 8.72. The topological polar surface area (TPSA) is 0 Å². The van der Waals surface area contributed by atoms with Crippen LogP contribution in [0.3, 0.4) is 0 Å². The van der Waals surface area contributed by atoms with Gasteiger partial charge in [0.25, 0.3) is 0 Å². The molecule has 0 bridgehead atoms. The van der Waals surface area contributed by atoms with E-state index in [1.165, 1.54) is 0 Å². The van der Waals surface area contributed by atoms with Gasteiger partial charge in [-0.05, 0) is 63.2 Å². The molecule has 0 heterocycles. The van der Waals surface area contributed by atoms with Gasteiger partial charge in [-0.25, -0.2) is 8.78 Å². The Morgan fingerprint density at radius 1 is 0.500 bits per heavy atom. The molecular weight excluding hydrogens is 182 g/mol. The summed E-state index contributed by atoms with van der Waals surface area (Å²) in [6.07, 6.45) is 6.07. The van der Waals surface area contributed by atoms with Crippen LogP contribution in [0.25, 0.3) is 0 Å². The van der Waals surface area contributed by atoms with Crippen LogP contribution in [-0.4, -0.2) is 12.3 Å². The molecular formula is C12H20F2. The van der Waals surface area contributed by atoms with Crippen LogP contribution in [0.15, 0.2) is 0 Å². The first kappa shape index (κ1) is 10.4. The Bertz CT molecular complexity index is 145. The molecule has 2 rings (SSSR count). The van der Waals surface area contributed by atoms with Crippen LogP contribution >= 0.6 is 0 Å². The molecule has 2 aliphatic rings. The Morgan fingerprint density at radius 2 is 0.786 bits per heavy atom. The highest BCUT2D eigenvalue weighted by Gasteiger charge is 2.30. The predicted octanol–water partition coefficient (Wildman–Crippen LogP) is 4.04. The minimum absolute atomic E-state index is 0.552. The highest BCUT2D eigenvalue weighted by atomic mass is 19.1. The van der Waals surface area contributed by atoms with E-state index in [0.29, 0.717) is 11.8 Å². The molecule has 0 atom stereocenters. The van der Waals surface area contributed by atoms with Crippen LogP contribution in [0.2, 0.25) is 0 Å². The molecule has 14 heavy (non-hydrogen) atoms. The van der Waals surface area contributed by atoms with E-state index in [9.17, 15) is 8.78 Å². The van der Waals surface area contributed by atoms with Crippen molar-refractivity contribution in [3.63, 3.8) is 0 Å². The lowest BCUT2D eigenvalue weighted by Crippen LogP contribution is -2.26. The van der Waals surface area contributed by atoms with Gasteiger partial charge in [-0.3, -0.25) is 0 Å². The molecule has 0 aromatic rings. The Hall–Kier alpha value is -0.140. The molecule has 0 spiro atoms. The van der Waals surface area contributed by atoms with Gasteiger partial charge in [0.1, 0.15) is 12.3 Å². The van der Waals surface area contributed by atoms with Gasteiger partial charge in [0, 0.05) is 0 Å². The van der Waals surface area contributed by atoms with Gasteiger partial charge in [0.2, 0.25) is 0 Å². The van der Waals surface area contributed by atoms with E-state index in [2.05, 4.69) is 0 Å². The summed E-state index contributed by atoms with van der Waals surface area (Å²) < 4.78 is 25.9. The number of rotatable bonds is 1. The highest BCUT2D eigenvalue weighted by Crippen LogP contribution is 2.39. The number of hydrogen-bond donors (Lipinski definition) is 0. The average Bonchev–Trinajstić information content (AvgIpc) is 2.21. The summed E-state index contributed by atoms with van der Waals surface area (Å²) in [4.78, 5) is 0. The van der Waals surface area contributed by atoms with Crippen molar-refractivity contribution in [3.05, 3.63) is 0 Å². The first-order chi connectivity index (χ1) is 6.75. The smallest absolute Gasteiger partial charge is 0.100 e. The van der Waals surface area contributed by atoms with Crippen molar-refractivity contribution in [2.45, 2.75) is 63.7 Å². The molecule has 0 N–H and O–H groups in total. The van der Waals surface area contributed by atoms with E-state index in [-0.39, 0.29) is 0 Å². The first-order valence-corrected chi connectivity index (χ1v) is 6.04. The maximum atomic E-state index is 12.9. The molecule has 0 unspecified atom stereocenters. The van der Waals surface area contributed by atoms with E-state index in [1.54, 1.807) is 0 Å². The zero-order chi connectivity index (χ0) is 9.97. The maximum Gasteiger partial charge on any atom is 0.100 e. The van der Waals surface area contributed by atoms with Crippen molar-refractivity contribution >= 4 is 0 Å². The summed E-state index contributed by atoms with van der Waals surface area (Å²) in [7, 11) is 0. The lowest BCUT2D eigenvalue weighted by atomic mass is 9.73. The third-order valence-corrected chi connectivity index (χ3v) is 4.07. The van der Waals surface area contributed by atoms with E-state index in [4.69, 9.17) is 0 Å². The Balaban J connectivity index is 1.78. The summed E-state index contributed by atoms with van der Waals surface area (Å²) in [5.41, 5.74) is 0. The fourth-order valence-corrected chi connectivity index (χ4v) is 3.10. The minimum atomic E-state index is -0.552. The number of hydrogen-bond acceptors (Lipinski definition) is 0. The zero-order valence-electron chi connectivity index (χ0n) is 8.72. The fourth-order valence-electron chi connectivity index (χ4n) is 3.10. The van der Waals surface area contributed by atoms with Crippen molar-refractivity contribution in [1.29, 1.82) is 0 Å². The molecule has 82 valence electrons. The van der Waals surface area contributed by atoms with Crippen LogP contribution in [0.1, 0.15) is 51.4 Å². The van der Waals surface area contributed by atoms with Crippen LogP contribution in [-0.2, 0) is 0 Å². The second-order valence-corrected chi connectivity index (χ2v) is 5.02. The lowest BCUT2D eigenvalue weighted by Gasteiger charge is -2.34. The van der Waals surface area contributed by atoms with Crippen molar-refractivity contribution in [1.82, 2.24) is 0 Å². The Labute approximate surface area is 85.1 Å². The molecule has 2 aliphatic carbocycles. The van der Waals surface area contributed by atoms with Crippen LogP contribution in [0.5, 0.6) is 0 Å². The largest absolute Gasteiger partial charge is 0.247 e. The Morgan fingerprint density at radius 3 is 1.07 bits per heavy atom. The fraction of sp³-hybridized carbons (Fsp3) is 1.00. The van der Waals surface area contributed by atoms with E-state index >= 15 is 0 Å². The van der Waals surface area contributed by atoms with Crippen LogP contribution < -0.4 is 0 Å². The van der Waals surface area contributed by atoms with Gasteiger partial charge in [0.05, 0.1) is 0 Å². The van der Waals surface area contributed by atoms with Gasteiger partial charge in [-0.2, -0.15) is 0 Å².